The highest BCUT2D eigenvalue weighted by molar-refractivity contribution is 5.51. The first kappa shape index (κ1) is 12.3. The molecule has 100 valence electrons. The van der Waals surface area contributed by atoms with E-state index in [1.807, 2.05) is 6.07 Å². The third kappa shape index (κ3) is 2.04. The first-order chi connectivity index (χ1) is 9.20. The monoisotopic (exact) mass is 256 g/mol. The number of nitrogens with zero attached hydrogens (tertiary/aromatic N) is 1. The molecule has 1 unspecified atom stereocenters. The molecular formula is C16H20N2O. The molecular weight excluding hydrogens is 236 g/mol. The van der Waals surface area contributed by atoms with Crippen LogP contribution in [0.4, 0.5) is 0 Å². The Kier molecular flexibility index (Phi) is 3.07. The van der Waals surface area contributed by atoms with Crippen LogP contribution in [0.5, 0.6) is 5.75 Å². The number of benzene rings is 1. The lowest BCUT2D eigenvalue weighted by atomic mass is 9.93. The van der Waals surface area contributed by atoms with E-state index in [0.717, 1.165) is 30.7 Å². The number of aromatic nitrogens is 1. The van der Waals surface area contributed by atoms with Crippen LogP contribution in [-0.2, 0) is 6.42 Å². The minimum Gasteiger partial charge on any atom is -0.495 e. The molecule has 3 rings (SSSR count). The second-order valence-corrected chi connectivity index (χ2v) is 5.26. The molecule has 3 nitrogen and oxygen atoms in total. The van der Waals surface area contributed by atoms with Gasteiger partial charge in [-0.2, -0.15) is 0 Å². The van der Waals surface area contributed by atoms with E-state index in [1.54, 1.807) is 7.11 Å². The number of ether oxygens (including phenoxy) is 1. The van der Waals surface area contributed by atoms with Crippen LogP contribution in [0.15, 0.2) is 30.5 Å². The van der Waals surface area contributed by atoms with Gasteiger partial charge in [0.25, 0.3) is 0 Å². The van der Waals surface area contributed by atoms with Gasteiger partial charge in [0.2, 0.25) is 0 Å². The third-order valence-corrected chi connectivity index (χ3v) is 3.95. The van der Waals surface area contributed by atoms with Crippen molar-refractivity contribution in [1.29, 1.82) is 0 Å². The van der Waals surface area contributed by atoms with Crippen LogP contribution in [0, 0.1) is 6.92 Å². The zero-order chi connectivity index (χ0) is 13.4. The van der Waals surface area contributed by atoms with E-state index < -0.39 is 0 Å². The fourth-order valence-corrected chi connectivity index (χ4v) is 2.94. The Balaban J connectivity index is 2.15. The van der Waals surface area contributed by atoms with Gasteiger partial charge in [-0.3, -0.25) is 0 Å². The van der Waals surface area contributed by atoms with Crippen molar-refractivity contribution in [2.45, 2.75) is 32.2 Å². The lowest BCUT2D eigenvalue weighted by molar-refractivity contribution is 0.412. The number of nitrogens with two attached hydrogens (primary N) is 1. The molecule has 1 aliphatic carbocycles. The summed E-state index contributed by atoms with van der Waals surface area (Å²) in [6.45, 7) is 2.10. The Bertz CT molecular complexity index is 601. The normalized spacial score (nSPS) is 18.2. The first-order valence-corrected chi connectivity index (χ1v) is 6.81. The molecule has 3 heteroatoms. The molecule has 2 N–H and O–H groups in total. The number of fused-ring (bicyclic) bond motifs is 1. The van der Waals surface area contributed by atoms with Gasteiger partial charge in [0.15, 0.2) is 0 Å². The zero-order valence-corrected chi connectivity index (χ0v) is 11.5. The summed E-state index contributed by atoms with van der Waals surface area (Å²) in [6, 6.07) is 8.60. The Hall–Kier alpha value is -1.74. The third-order valence-electron chi connectivity index (χ3n) is 3.95. The van der Waals surface area contributed by atoms with Gasteiger partial charge in [-0.1, -0.05) is 6.07 Å². The van der Waals surface area contributed by atoms with Crippen LogP contribution in [0.2, 0.25) is 0 Å². The van der Waals surface area contributed by atoms with E-state index >= 15 is 0 Å². The summed E-state index contributed by atoms with van der Waals surface area (Å²) in [7, 11) is 1.72. The second kappa shape index (κ2) is 4.74. The van der Waals surface area contributed by atoms with Crippen LogP contribution in [-0.4, -0.2) is 11.7 Å². The molecule has 1 aliphatic rings. The molecule has 0 saturated carbocycles. The van der Waals surface area contributed by atoms with E-state index in [1.165, 1.54) is 16.8 Å². The predicted octanol–water partition coefficient (Wildman–Crippen LogP) is 3.13. The molecule has 1 aromatic heterocycles. The SMILES string of the molecule is COc1ccc(C)cc1-n1ccc2c1CCCC2N. The molecule has 1 atom stereocenters. The smallest absolute Gasteiger partial charge is 0.142 e. The largest absolute Gasteiger partial charge is 0.495 e. The summed E-state index contributed by atoms with van der Waals surface area (Å²) < 4.78 is 7.73. The lowest BCUT2D eigenvalue weighted by Crippen LogP contribution is -2.18. The van der Waals surface area contributed by atoms with Crippen molar-refractivity contribution in [3.63, 3.8) is 0 Å². The summed E-state index contributed by atoms with van der Waals surface area (Å²) in [5, 5.41) is 0. The summed E-state index contributed by atoms with van der Waals surface area (Å²) in [5.74, 6) is 0.906. The van der Waals surface area contributed by atoms with Crippen molar-refractivity contribution in [3.05, 3.63) is 47.3 Å². The minimum absolute atomic E-state index is 0.181. The van der Waals surface area contributed by atoms with Gasteiger partial charge in [0, 0.05) is 17.9 Å². The van der Waals surface area contributed by atoms with Crippen molar-refractivity contribution in [2.24, 2.45) is 5.73 Å². The van der Waals surface area contributed by atoms with Crippen molar-refractivity contribution in [1.82, 2.24) is 4.57 Å². The van der Waals surface area contributed by atoms with E-state index in [4.69, 9.17) is 10.5 Å². The molecule has 0 fully saturated rings. The van der Waals surface area contributed by atoms with Crippen molar-refractivity contribution in [3.8, 4) is 11.4 Å². The summed E-state index contributed by atoms with van der Waals surface area (Å²) in [4.78, 5) is 0. The van der Waals surface area contributed by atoms with Gasteiger partial charge in [-0.15, -0.1) is 0 Å². The maximum Gasteiger partial charge on any atom is 0.142 e. The quantitative estimate of drug-likeness (QED) is 0.896. The Morgan fingerprint density at radius 1 is 1.32 bits per heavy atom. The van der Waals surface area contributed by atoms with Gasteiger partial charge in [0.1, 0.15) is 5.75 Å². The van der Waals surface area contributed by atoms with Crippen LogP contribution in [0.25, 0.3) is 5.69 Å². The highest BCUT2D eigenvalue weighted by atomic mass is 16.5. The molecule has 19 heavy (non-hydrogen) atoms. The Morgan fingerprint density at radius 2 is 2.16 bits per heavy atom. The van der Waals surface area contributed by atoms with Crippen LogP contribution in [0.1, 0.15) is 35.7 Å². The van der Waals surface area contributed by atoms with E-state index in [9.17, 15) is 0 Å². The van der Waals surface area contributed by atoms with E-state index in [2.05, 4.69) is 35.9 Å². The fraction of sp³-hybridized carbons (Fsp3) is 0.375. The van der Waals surface area contributed by atoms with Gasteiger partial charge >= 0.3 is 0 Å². The molecule has 0 bridgehead atoms. The summed E-state index contributed by atoms with van der Waals surface area (Å²) in [5.41, 5.74) is 11.2. The minimum atomic E-state index is 0.181. The van der Waals surface area contributed by atoms with Crippen molar-refractivity contribution in [2.75, 3.05) is 7.11 Å². The van der Waals surface area contributed by atoms with Gasteiger partial charge in [-0.05, 0) is 55.5 Å². The van der Waals surface area contributed by atoms with E-state index in [0.29, 0.717) is 0 Å². The lowest BCUT2D eigenvalue weighted by Gasteiger charge is -2.22. The maximum absolute atomic E-state index is 6.19. The number of aryl methyl sites for hydroxylation is 1. The Morgan fingerprint density at radius 3 is 2.95 bits per heavy atom. The number of rotatable bonds is 2. The van der Waals surface area contributed by atoms with Crippen molar-refractivity contribution < 1.29 is 4.74 Å². The average molecular weight is 256 g/mol. The standard InChI is InChI=1S/C16H20N2O/c1-11-6-7-16(19-2)15(10-11)18-9-8-12-13(17)4-3-5-14(12)18/h6-10,13H,3-5,17H2,1-2H3. The molecule has 0 radical (unpaired) electrons. The van der Waals surface area contributed by atoms with Crippen molar-refractivity contribution >= 4 is 0 Å². The highest BCUT2D eigenvalue weighted by Gasteiger charge is 2.21. The topological polar surface area (TPSA) is 40.2 Å². The van der Waals surface area contributed by atoms with Gasteiger partial charge < -0.3 is 15.0 Å². The molecule has 0 aliphatic heterocycles. The van der Waals surface area contributed by atoms with Crippen LogP contribution < -0.4 is 10.5 Å². The molecule has 0 spiro atoms. The van der Waals surface area contributed by atoms with E-state index in [-0.39, 0.29) is 6.04 Å². The molecule has 1 heterocycles. The average Bonchev–Trinajstić information content (AvgIpc) is 2.84. The summed E-state index contributed by atoms with van der Waals surface area (Å²) >= 11 is 0. The Labute approximate surface area is 114 Å². The second-order valence-electron chi connectivity index (χ2n) is 5.26. The van der Waals surface area contributed by atoms with Crippen LogP contribution >= 0.6 is 0 Å². The maximum atomic E-state index is 6.19. The van der Waals surface area contributed by atoms with Gasteiger partial charge in [0.05, 0.1) is 12.8 Å². The first-order valence-electron chi connectivity index (χ1n) is 6.81. The molecule has 2 aromatic rings. The van der Waals surface area contributed by atoms with Gasteiger partial charge in [-0.25, -0.2) is 0 Å². The number of methoxy groups -OCH3 is 1. The summed E-state index contributed by atoms with van der Waals surface area (Å²) in [6.07, 6.45) is 5.45. The number of hydrogen-bond donors (Lipinski definition) is 1. The highest BCUT2D eigenvalue weighted by Crippen LogP contribution is 2.33. The fourth-order valence-electron chi connectivity index (χ4n) is 2.94. The number of hydrogen-bond acceptors (Lipinski definition) is 2. The molecule has 1 aromatic carbocycles. The molecule has 0 saturated heterocycles. The van der Waals surface area contributed by atoms with Crippen LogP contribution in [0.3, 0.4) is 0 Å². The zero-order valence-electron chi connectivity index (χ0n) is 11.5. The molecule has 0 amide bonds. The predicted molar refractivity (Wildman–Crippen MR) is 76.9 cm³/mol.